The van der Waals surface area contributed by atoms with Crippen LogP contribution in [0.15, 0.2) is 24.3 Å². The zero-order valence-corrected chi connectivity index (χ0v) is 13.3. The summed E-state index contributed by atoms with van der Waals surface area (Å²) < 4.78 is 19.1. The van der Waals surface area contributed by atoms with E-state index in [1.54, 1.807) is 12.1 Å². The van der Waals surface area contributed by atoms with Crippen LogP contribution in [-0.4, -0.2) is 36.4 Å². The van der Waals surface area contributed by atoms with Crippen molar-refractivity contribution in [2.45, 2.75) is 49.5 Å². The van der Waals surface area contributed by atoms with Gasteiger partial charge in [0.1, 0.15) is 11.4 Å². The van der Waals surface area contributed by atoms with Gasteiger partial charge in [0.25, 0.3) is 5.91 Å². The lowest BCUT2D eigenvalue weighted by atomic mass is 9.74. The number of nitrogens with one attached hydrogen (secondary N) is 1. The normalized spacial score (nSPS) is 22.7. The molecule has 0 atom stereocenters. The van der Waals surface area contributed by atoms with Crippen molar-refractivity contribution in [1.82, 2.24) is 5.32 Å². The van der Waals surface area contributed by atoms with Crippen LogP contribution in [0.3, 0.4) is 0 Å². The summed E-state index contributed by atoms with van der Waals surface area (Å²) in [6.45, 7) is 1.59. The minimum Gasteiger partial charge on any atom is -0.381 e. The Hall–Kier alpha value is -1.46. The molecule has 0 aromatic heterocycles. The molecule has 2 N–H and O–H groups in total. The molecule has 5 heteroatoms. The molecule has 1 aliphatic heterocycles. The molecule has 1 saturated heterocycles. The Kier molecular flexibility index (Phi) is 4.69. The molecule has 0 radical (unpaired) electrons. The fraction of sp³-hybridized carbons (Fsp3) is 0.611. The van der Waals surface area contributed by atoms with E-state index in [9.17, 15) is 14.3 Å². The summed E-state index contributed by atoms with van der Waals surface area (Å²) in [7, 11) is 0. The van der Waals surface area contributed by atoms with Gasteiger partial charge in [-0.1, -0.05) is 12.1 Å². The zero-order valence-electron chi connectivity index (χ0n) is 13.3. The fourth-order valence-corrected chi connectivity index (χ4v) is 3.75. The largest absolute Gasteiger partial charge is 0.381 e. The summed E-state index contributed by atoms with van der Waals surface area (Å²) in [5, 5.41) is 13.3. The standard InChI is InChI=1S/C18H24FNO3/c19-15-5-3-4-14(12-15)17(8-10-23-11-9-17)13-20-16(21)18(22)6-1-2-7-18/h3-5,12,22H,1-2,6-11,13H2,(H,20,21). The third-order valence-electron chi connectivity index (χ3n) is 5.33. The molecular formula is C18H24FNO3. The van der Waals surface area contributed by atoms with Crippen molar-refractivity contribution in [1.29, 1.82) is 0 Å². The molecule has 1 aliphatic carbocycles. The van der Waals surface area contributed by atoms with Gasteiger partial charge in [0.2, 0.25) is 0 Å². The monoisotopic (exact) mass is 321 g/mol. The number of amides is 1. The number of carbonyl (C=O) groups excluding carboxylic acids is 1. The molecule has 1 saturated carbocycles. The summed E-state index contributed by atoms with van der Waals surface area (Å²) in [5.41, 5.74) is -0.668. The third-order valence-corrected chi connectivity index (χ3v) is 5.33. The van der Waals surface area contributed by atoms with Gasteiger partial charge in [0.05, 0.1) is 0 Å². The number of rotatable bonds is 4. The van der Waals surface area contributed by atoms with Gasteiger partial charge in [-0.25, -0.2) is 4.39 Å². The van der Waals surface area contributed by atoms with E-state index in [0.29, 0.717) is 32.6 Å². The lowest BCUT2D eigenvalue weighted by Gasteiger charge is -2.38. The summed E-state index contributed by atoms with van der Waals surface area (Å²) >= 11 is 0. The Morgan fingerprint density at radius 3 is 2.57 bits per heavy atom. The van der Waals surface area contributed by atoms with Gasteiger partial charge in [0, 0.05) is 25.2 Å². The summed E-state index contributed by atoms with van der Waals surface area (Å²) in [6.07, 6.45) is 4.27. The highest BCUT2D eigenvalue weighted by molar-refractivity contribution is 5.85. The van der Waals surface area contributed by atoms with Crippen LogP contribution in [0, 0.1) is 5.82 Å². The van der Waals surface area contributed by atoms with Gasteiger partial charge in [-0.2, -0.15) is 0 Å². The molecule has 23 heavy (non-hydrogen) atoms. The lowest BCUT2D eigenvalue weighted by Crippen LogP contribution is -2.51. The van der Waals surface area contributed by atoms with Crippen molar-refractivity contribution in [2.75, 3.05) is 19.8 Å². The lowest BCUT2D eigenvalue weighted by molar-refractivity contribution is -0.139. The van der Waals surface area contributed by atoms with Gasteiger partial charge >= 0.3 is 0 Å². The van der Waals surface area contributed by atoms with Crippen molar-refractivity contribution in [3.8, 4) is 0 Å². The van der Waals surface area contributed by atoms with Gasteiger partial charge in [0.15, 0.2) is 0 Å². The molecular weight excluding hydrogens is 297 g/mol. The van der Waals surface area contributed by atoms with Gasteiger partial charge in [-0.15, -0.1) is 0 Å². The molecule has 4 nitrogen and oxygen atoms in total. The number of aliphatic hydroxyl groups is 1. The summed E-state index contributed by atoms with van der Waals surface area (Å²) in [6, 6.07) is 6.58. The van der Waals surface area contributed by atoms with Crippen molar-refractivity contribution in [3.05, 3.63) is 35.6 Å². The molecule has 1 aromatic carbocycles. The maximum atomic E-state index is 13.6. The van der Waals surface area contributed by atoms with Crippen LogP contribution in [0.4, 0.5) is 4.39 Å². The first-order chi connectivity index (χ1) is 11.0. The van der Waals surface area contributed by atoms with Crippen molar-refractivity contribution < 1.29 is 19.0 Å². The van der Waals surface area contributed by atoms with Crippen LogP contribution < -0.4 is 5.32 Å². The first kappa shape index (κ1) is 16.4. The van der Waals surface area contributed by atoms with E-state index < -0.39 is 5.60 Å². The van der Waals surface area contributed by atoms with E-state index in [-0.39, 0.29) is 17.1 Å². The maximum absolute atomic E-state index is 13.6. The molecule has 126 valence electrons. The first-order valence-corrected chi connectivity index (χ1v) is 8.39. The van der Waals surface area contributed by atoms with E-state index in [0.717, 1.165) is 31.2 Å². The van der Waals surface area contributed by atoms with E-state index in [1.807, 2.05) is 6.07 Å². The van der Waals surface area contributed by atoms with E-state index >= 15 is 0 Å². The second kappa shape index (κ2) is 6.57. The molecule has 2 aliphatic rings. The first-order valence-electron chi connectivity index (χ1n) is 8.39. The Morgan fingerprint density at radius 1 is 1.22 bits per heavy atom. The fourth-order valence-electron chi connectivity index (χ4n) is 3.75. The predicted octanol–water partition coefficient (Wildman–Crippen LogP) is 2.30. The second-order valence-corrected chi connectivity index (χ2v) is 6.82. The van der Waals surface area contributed by atoms with Crippen LogP contribution in [0.1, 0.15) is 44.1 Å². The molecule has 1 heterocycles. The Morgan fingerprint density at radius 2 is 1.91 bits per heavy atom. The maximum Gasteiger partial charge on any atom is 0.251 e. The van der Waals surface area contributed by atoms with Crippen molar-refractivity contribution >= 4 is 5.91 Å². The van der Waals surface area contributed by atoms with Crippen LogP contribution in [0.5, 0.6) is 0 Å². The number of hydrogen-bond acceptors (Lipinski definition) is 3. The van der Waals surface area contributed by atoms with Gasteiger partial charge < -0.3 is 15.2 Å². The van der Waals surface area contributed by atoms with E-state index in [4.69, 9.17) is 4.74 Å². The highest BCUT2D eigenvalue weighted by atomic mass is 19.1. The minimum atomic E-state index is -1.23. The van der Waals surface area contributed by atoms with Crippen molar-refractivity contribution in [3.63, 3.8) is 0 Å². The molecule has 1 amide bonds. The van der Waals surface area contributed by atoms with Crippen molar-refractivity contribution in [2.24, 2.45) is 0 Å². The summed E-state index contributed by atoms with van der Waals surface area (Å²) in [4.78, 5) is 12.4. The quantitative estimate of drug-likeness (QED) is 0.894. The molecule has 2 fully saturated rings. The Bertz CT molecular complexity index is 563. The number of ether oxygens (including phenoxy) is 1. The zero-order chi connectivity index (χ0) is 16.3. The molecule has 1 aromatic rings. The molecule has 0 unspecified atom stereocenters. The van der Waals surface area contributed by atoms with Crippen LogP contribution >= 0.6 is 0 Å². The topological polar surface area (TPSA) is 58.6 Å². The molecule has 0 bridgehead atoms. The van der Waals surface area contributed by atoms with Crippen LogP contribution in [0.25, 0.3) is 0 Å². The Balaban J connectivity index is 1.76. The molecule has 0 spiro atoms. The molecule has 3 rings (SSSR count). The Labute approximate surface area is 136 Å². The van der Waals surface area contributed by atoms with Crippen LogP contribution in [-0.2, 0) is 14.9 Å². The SMILES string of the molecule is O=C(NCC1(c2cccc(F)c2)CCOCC1)C1(O)CCCC1. The average molecular weight is 321 g/mol. The highest BCUT2D eigenvalue weighted by Gasteiger charge is 2.41. The average Bonchev–Trinajstić information content (AvgIpc) is 3.01. The van der Waals surface area contributed by atoms with Gasteiger partial charge in [-0.3, -0.25) is 4.79 Å². The minimum absolute atomic E-state index is 0.269. The number of benzene rings is 1. The number of hydrogen-bond donors (Lipinski definition) is 2. The predicted molar refractivity (Wildman–Crippen MR) is 84.6 cm³/mol. The second-order valence-electron chi connectivity index (χ2n) is 6.82. The highest BCUT2D eigenvalue weighted by Crippen LogP contribution is 2.35. The number of halogens is 1. The van der Waals surface area contributed by atoms with Gasteiger partial charge in [-0.05, 0) is 56.2 Å². The van der Waals surface area contributed by atoms with E-state index in [1.165, 1.54) is 6.07 Å². The smallest absolute Gasteiger partial charge is 0.251 e. The summed E-state index contributed by atoms with van der Waals surface area (Å²) in [5.74, 6) is -0.564. The number of carbonyl (C=O) groups is 1. The third kappa shape index (κ3) is 3.40. The van der Waals surface area contributed by atoms with E-state index in [2.05, 4.69) is 5.32 Å². The van der Waals surface area contributed by atoms with Crippen LogP contribution in [0.2, 0.25) is 0 Å².